The molecule has 1 aliphatic rings. The molecule has 1 aliphatic carbocycles. The predicted octanol–water partition coefficient (Wildman–Crippen LogP) is 16.0. The summed E-state index contributed by atoms with van der Waals surface area (Å²) in [6.45, 7) is 0. The Morgan fingerprint density at radius 2 is 0.857 bits per heavy atom. The minimum atomic E-state index is -0.521. The maximum absolute atomic E-state index is 2.48. The van der Waals surface area contributed by atoms with Crippen LogP contribution in [-0.4, -0.2) is 4.40 Å². The zero-order valence-electron chi connectivity index (χ0n) is 34.5. The first-order chi connectivity index (χ1) is 31.3. The first-order valence-electron chi connectivity index (χ1n) is 21.8. The first kappa shape index (κ1) is 35.5. The second-order valence-corrected chi connectivity index (χ2v) is 16.8. The molecule has 63 heavy (non-hydrogen) atoms. The summed E-state index contributed by atoms with van der Waals surface area (Å²) in [6, 6.07) is 89.6. The molecule has 10 aromatic carbocycles. The fourth-order valence-electron chi connectivity index (χ4n) is 10.9. The second kappa shape index (κ2) is 13.9. The largest absolute Gasteiger partial charge is 0.310 e. The van der Waals surface area contributed by atoms with Gasteiger partial charge < -0.3 is 9.30 Å². The number of para-hydroxylation sites is 3. The van der Waals surface area contributed by atoms with Crippen LogP contribution in [0.25, 0.3) is 71.5 Å². The van der Waals surface area contributed by atoms with Gasteiger partial charge in [-0.25, -0.2) is 0 Å². The molecule has 0 unspecified atom stereocenters. The SMILES string of the molecule is c1ccc(-c2ccc(N(c3ccc4c(c3)C(c3ccccc3)(c3ccccc3)c3ccccc3-4)c3ccccc3-c3ccc4c5cccc6c7ccccc7n(c4c3)c65)cc2)cc1. The van der Waals surface area contributed by atoms with E-state index in [0.29, 0.717) is 0 Å². The molecule has 2 heteroatoms. The van der Waals surface area contributed by atoms with Crippen molar-refractivity contribution in [2.45, 2.75) is 5.41 Å². The van der Waals surface area contributed by atoms with Crippen LogP contribution in [0.4, 0.5) is 17.1 Å². The third kappa shape index (κ3) is 5.19. The van der Waals surface area contributed by atoms with Crippen molar-refractivity contribution in [3.63, 3.8) is 0 Å². The molecule has 0 bridgehead atoms. The van der Waals surface area contributed by atoms with Crippen LogP contribution in [0.3, 0.4) is 0 Å². The zero-order valence-corrected chi connectivity index (χ0v) is 34.5. The number of benzene rings is 10. The van der Waals surface area contributed by atoms with Crippen molar-refractivity contribution in [3.8, 4) is 33.4 Å². The highest BCUT2D eigenvalue weighted by Gasteiger charge is 2.46. The molecule has 0 aliphatic heterocycles. The van der Waals surface area contributed by atoms with E-state index in [-0.39, 0.29) is 0 Å². The minimum absolute atomic E-state index is 0.521. The Kier molecular flexibility index (Phi) is 7.85. The molecule has 0 N–H and O–H groups in total. The molecule has 294 valence electrons. The predicted molar refractivity (Wildman–Crippen MR) is 264 cm³/mol. The minimum Gasteiger partial charge on any atom is -0.310 e. The molecule has 0 spiro atoms. The Morgan fingerprint density at radius 1 is 0.317 bits per heavy atom. The summed E-state index contributed by atoms with van der Waals surface area (Å²) >= 11 is 0. The van der Waals surface area contributed by atoms with E-state index < -0.39 is 5.41 Å². The molecule has 0 fully saturated rings. The highest BCUT2D eigenvalue weighted by atomic mass is 15.1. The standard InChI is InChI=1S/C61H40N2/c1-4-17-41(18-5-1)42-31-34-46(35-32-42)62(47-36-38-50-49-24-10-13-28-55(49)61(56(50)40-47,44-19-6-2-7-20-44)45-21-8-3-9-22-45)57-29-14-11-23-48(57)43-33-37-52-54-27-16-26-53-51-25-12-15-30-58(51)63(60(53)54)59(52)39-43/h1-40H. The Balaban J connectivity index is 1.06. The van der Waals surface area contributed by atoms with Crippen LogP contribution in [0.1, 0.15) is 22.3 Å². The van der Waals surface area contributed by atoms with E-state index in [0.717, 1.165) is 22.6 Å². The Hall–Kier alpha value is -8.20. The van der Waals surface area contributed by atoms with Gasteiger partial charge in [-0.05, 0) is 92.5 Å². The Labute approximate surface area is 366 Å². The average Bonchev–Trinajstić information content (AvgIpc) is 3.99. The van der Waals surface area contributed by atoms with Gasteiger partial charge in [0.25, 0.3) is 0 Å². The molecule has 2 aromatic heterocycles. The fraction of sp³-hybridized carbons (Fsp3) is 0.0164. The lowest BCUT2D eigenvalue weighted by Gasteiger charge is -2.35. The lowest BCUT2D eigenvalue weighted by atomic mass is 9.67. The van der Waals surface area contributed by atoms with Gasteiger partial charge in [-0.3, -0.25) is 0 Å². The van der Waals surface area contributed by atoms with Gasteiger partial charge in [-0.15, -0.1) is 0 Å². The first-order valence-corrected chi connectivity index (χ1v) is 21.8. The Morgan fingerprint density at radius 3 is 1.60 bits per heavy atom. The van der Waals surface area contributed by atoms with Crippen molar-refractivity contribution in [2.24, 2.45) is 0 Å². The third-order valence-electron chi connectivity index (χ3n) is 13.6. The zero-order chi connectivity index (χ0) is 41.5. The molecule has 0 amide bonds. The van der Waals surface area contributed by atoms with Crippen LogP contribution in [0, 0.1) is 0 Å². The topological polar surface area (TPSA) is 7.65 Å². The Bertz CT molecular complexity index is 3620. The maximum Gasteiger partial charge on any atom is 0.0714 e. The molecule has 13 rings (SSSR count). The number of hydrogen-bond acceptors (Lipinski definition) is 1. The highest BCUT2D eigenvalue weighted by molar-refractivity contribution is 6.23. The molecule has 12 aromatic rings. The van der Waals surface area contributed by atoms with Gasteiger partial charge in [0.05, 0.1) is 27.7 Å². The van der Waals surface area contributed by atoms with E-state index in [1.807, 2.05) is 0 Å². The van der Waals surface area contributed by atoms with Gasteiger partial charge in [0.1, 0.15) is 0 Å². The van der Waals surface area contributed by atoms with Crippen molar-refractivity contribution < 1.29 is 0 Å². The van der Waals surface area contributed by atoms with Gasteiger partial charge in [-0.1, -0.05) is 200 Å². The average molecular weight is 801 g/mol. The molecular weight excluding hydrogens is 761 g/mol. The normalized spacial score (nSPS) is 12.9. The molecule has 2 nitrogen and oxygen atoms in total. The van der Waals surface area contributed by atoms with Crippen LogP contribution >= 0.6 is 0 Å². The van der Waals surface area contributed by atoms with Crippen molar-refractivity contribution in [2.75, 3.05) is 4.90 Å². The van der Waals surface area contributed by atoms with Crippen LogP contribution in [-0.2, 0) is 5.41 Å². The smallest absolute Gasteiger partial charge is 0.0714 e. The summed E-state index contributed by atoms with van der Waals surface area (Å²) in [4.78, 5) is 2.47. The monoisotopic (exact) mass is 800 g/mol. The van der Waals surface area contributed by atoms with E-state index in [1.54, 1.807) is 0 Å². The summed E-state index contributed by atoms with van der Waals surface area (Å²) in [7, 11) is 0. The van der Waals surface area contributed by atoms with E-state index in [1.165, 1.54) is 88.2 Å². The maximum atomic E-state index is 2.48. The quantitative estimate of drug-likeness (QED) is 0.156. The molecule has 0 saturated carbocycles. The highest BCUT2D eigenvalue weighted by Crippen LogP contribution is 2.57. The number of rotatable bonds is 7. The molecule has 2 heterocycles. The van der Waals surface area contributed by atoms with Gasteiger partial charge in [-0.2, -0.15) is 0 Å². The number of fused-ring (bicyclic) bond motifs is 9. The summed E-state index contributed by atoms with van der Waals surface area (Å²) in [5.41, 5.74) is 18.9. The van der Waals surface area contributed by atoms with Crippen LogP contribution < -0.4 is 4.90 Å². The molecule has 0 saturated heterocycles. The van der Waals surface area contributed by atoms with Crippen molar-refractivity contribution >= 4 is 55.2 Å². The van der Waals surface area contributed by atoms with Gasteiger partial charge in [0.2, 0.25) is 0 Å². The summed E-state index contributed by atoms with van der Waals surface area (Å²) in [6.07, 6.45) is 0. The van der Waals surface area contributed by atoms with E-state index in [2.05, 4.69) is 252 Å². The van der Waals surface area contributed by atoms with Crippen LogP contribution in [0.15, 0.2) is 243 Å². The summed E-state index contributed by atoms with van der Waals surface area (Å²) in [5, 5.41) is 5.15. The van der Waals surface area contributed by atoms with E-state index in [9.17, 15) is 0 Å². The van der Waals surface area contributed by atoms with Crippen molar-refractivity contribution in [1.82, 2.24) is 4.40 Å². The molecule has 0 radical (unpaired) electrons. The summed E-state index contributed by atoms with van der Waals surface area (Å²) < 4.78 is 2.48. The van der Waals surface area contributed by atoms with Crippen molar-refractivity contribution in [3.05, 3.63) is 265 Å². The van der Waals surface area contributed by atoms with Gasteiger partial charge in [0, 0.05) is 38.5 Å². The van der Waals surface area contributed by atoms with Crippen LogP contribution in [0.5, 0.6) is 0 Å². The number of aromatic nitrogens is 1. The van der Waals surface area contributed by atoms with Crippen LogP contribution in [0.2, 0.25) is 0 Å². The number of anilines is 3. The molecular formula is C61H40N2. The number of hydrogen-bond donors (Lipinski definition) is 0. The number of nitrogens with zero attached hydrogens (tertiary/aromatic N) is 2. The van der Waals surface area contributed by atoms with E-state index in [4.69, 9.17) is 0 Å². The van der Waals surface area contributed by atoms with Crippen molar-refractivity contribution in [1.29, 1.82) is 0 Å². The third-order valence-corrected chi connectivity index (χ3v) is 13.6. The van der Waals surface area contributed by atoms with Gasteiger partial charge in [0.15, 0.2) is 0 Å². The van der Waals surface area contributed by atoms with Gasteiger partial charge >= 0.3 is 0 Å². The molecule has 0 atom stereocenters. The fourth-order valence-corrected chi connectivity index (χ4v) is 10.9. The second-order valence-electron chi connectivity index (χ2n) is 16.8. The lowest BCUT2D eigenvalue weighted by Crippen LogP contribution is -2.28. The van der Waals surface area contributed by atoms with E-state index >= 15 is 0 Å². The lowest BCUT2D eigenvalue weighted by molar-refractivity contribution is 0.768. The summed E-state index contributed by atoms with van der Waals surface area (Å²) in [5.74, 6) is 0.